The molecule has 2 aromatic rings. The Morgan fingerprint density at radius 3 is 2.32 bits per heavy atom. The van der Waals surface area contributed by atoms with E-state index in [2.05, 4.69) is 51.3 Å². The van der Waals surface area contributed by atoms with Crippen molar-refractivity contribution in [3.63, 3.8) is 0 Å². The third-order valence-electron chi connectivity index (χ3n) is 7.15. The van der Waals surface area contributed by atoms with E-state index >= 15 is 0 Å². The first-order chi connectivity index (χ1) is 16.3. The molecule has 3 heterocycles. The fourth-order valence-corrected chi connectivity index (χ4v) is 6.22. The lowest BCUT2D eigenvalue weighted by molar-refractivity contribution is -0.126. The van der Waals surface area contributed by atoms with Crippen LogP contribution in [0.2, 0.25) is 0 Å². The summed E-state index contributed by atoms with van der Waals surface area (Å²) in [5.41, 5.74) is 1.26. The van der Waals surface area contributed by atoms with Crippen molar-refractivity contribution in [2.75, 3.05) is 50.7 Å². The van der Waals surface area contributed by atoms with E-state index in [0.29, 0.717) is 38.3 Å². The lowest BCUT2D eigenvalue weighted by atomic mass is 9.97. The summed E-state index contributed by atoms with van der Waals surface area (Å²) >= 11 is 0. The number of aryl methyl sites for hydroxylation is 2. The number of carbonyl (C=O) groups is 1. The average molecular weight is 489 g/mol. The third-order valence-corrected chi connectivity index (χ3v) is 8.92. The molecular formula is C24H36N6O3S. The average Bonchev–Trinajstić information content (AvgIpc) is 3.22. The zero-order valence-corrected chi connectivity index (χ0v) is 21.2. The van der Waals surface area contributed by atoms with Crippen molar-refractivity contribution < 1.29 is 13.2 Å². The zero-order chi connectivity index (χ0) is 24.3. The highest BCUT2D eigenvalue weighted by molar-refractivity contribution is 7.89. The van der Waals surface area contributed by atoms with Gasteiger partial charge in [-0.3, -0.25) is 9.69 Å². The molecule has 10 heteroatoms. The van der Waals surface area contributed by atoms with Crippen LogP contribution in [0.1, 0.15) is 25.6 Å². The van der Waals surface area contributed by atoms with Gasteiger partial charge in [-0.2, -0.15) is 4.31 Å². The number of imidazole rings is 1. The second-order valence-corrected chi connectivity index (χ2v) is 11.3. The molecule has 2 saturated heterocycles. The van der Waals surface area contributed by atoms with Crippen LogP contribution in [0.25, 0.3) is 0 Å². The minimum atomic E-state index is -3.62. The number of nitrogens with one attached hydrogen (secondary N) is 1. The molecule has 4 rings (SSSR count). The molecule has 2 aliphatic rings. The number of nitrogens with zero attached hydrogens (tertiary/aromatic N) is 5. The van der Waals surface area contributed by atoms with Crippen LogP contribution in [0.3, 0.4) is 0 Å². The van der Waals surface area contributed by atoms with Crippen molar-refractivity contribution in [3.05, 3.63) is 42.4 Å². The van der Waals surface area contributed by atoms with Crippen LogP contribution in [-0.4, -0.2) is 84.9 Å². The quantitative estimate of drug-likeness (QED) is 0.635. The van der Waals surface area contributed by atoms with Gasteiger partial charge in [-0.15, -0.1) is 0 Å². The number of aromatic nitrogens is 2. The van der Waals surface area contributed by atoms with Crippen molar-refractivity contribution in [1.82, 2.24) is 24.1 Å². The molecule has 1 amide bonds. The molecule has 0 spiro atoms. The van der Waals surface area contributed by atoms with Gasteiger partial charge < -0.3 is 14.8 Å². The summed E-state index contributed by atoms with van der Waals surface area (Å²) in [5, 5.41) is 3.19. The molecule has 1 aromatic carbocycles. The topological polar surface area (TPSA) is 90.8 Å². The van der Waals surface area contributed by atoms with Gasteiger partial charge in [0.25, 0.3) is 10.0 Å². The molecule has 2 aliphatic heterocycles. The van der Waals surface area contributed by atoms with E-state index < -0.39 is 10.0 Å². The maximum atomic E-state index is 12.9. The van der Waals surface area contributed by atoms with Gasteiger partial charge in [-0.25, -0.2) is 13.4 Å². The number of amides is 1. The Bertz CT molecular complexity index is 1050. The SMILES string of the molecule is Cc1nc(S(=O)(=O)N2CCC(C(=O)NCC(C)N3CCN(c4ccccc4)CC3)CC2)cn1C. The van der Waals surface area contributed by atoms with Crippen LogP contribution in [0.5, 0.6) is 0 Å². The summed E-state index contributed by atoms with van der Waals surface area (Å²) in [7, 11) is -1.84. The Labute approximate surface area is 202 Å². The first kappa shape index (κ1) is 24.7. The van der Waals surface area contributed by atoms with E-state index in [4.69, 9.17) is 0 Å². The normalized spacial score (nSPS) is 19.8. The van der Waals surface area contributed by atoms with Crippen LogP contribution in [-0.2, 0) is 21.9 Å². The molecule has 0 saturated carbocycles. The first-order valence-electron chi connectivity index (χ1n) is 12.1. The molecule has 0 bridgehead atoms. The van der Waals surface area contributed by atoms with Gasteiger partial charge in [-0.05, 0) is 38.8 Å². The first-order valence-corrected chi connectivity index (χ1v) is 13.5. The third kappa shape index (κ3) is 5.45. The number of anilines is 1. The number of para-hydroxylation sites is 1. The second kappa shape index (κ2) is 10.5. The number of hydrogen-bond acceptors (Lipinski definition) is 6. The minimum absolute atomic E-state index is 0.0282. The lowest BCUT2D eigenvalue weighted by Gasteiger charge is -2.39. The molecule has 2 fully saturated rings. The molecule has 9 nitrogen and oxygen atoms in total. The Kier molecular flexibility index (Phi) is 7.59. The predicted octanol–water partition coefficient (Wildman–Crippen LogP) is 1.46. The van der Waals surface area contributed by atoms with Gasteiger partial charge in [-0.1, -0.05) is 18.2 Å². The Morgan fingerprint density at radius 1 is 1.09 bits per heavy atom. The van der Waals surface area contributed by atoms with Crippen LogP contribution in [0, 0.1) is 12.8 Å². The summed E-state index contributed by atoms with van der Waals surface area (Å²) in [5.74, 6) is 0.531. The van der Waals surface area contributed by atoms with E-state index in [9.17, 15) is 13.2 Å². The van der Waals surface area contributed by atoms with E-state index in [1.165, 1.54) is 9.99 Å². The lowest BCUT2D eigenvalue weighted by Crippen LogP contribution is -2.53. The monoisotopic (exact) mass is 488 g/mol. The van der Waals surface area contributed by atoms with Gasteiger partial charge in [0.05, 0.1) is 0 Å². The van der Waals surface area contributed by atoms with Crippen molar-refractivity contribution >= 4 is 21.6 Å². The summed E-state index contributed by atoms with van der Waals surface area (Å²) < 4.78 is 28.9. The molecule has 1 N–H and O–H groups in total. The highest BCUT2D eigenvalue weighted by Crippen LogP contribution is 2.24. The zero-order valence-electron chi connectivity index (χ0n) is 20.4. The summed E-state index contributed by atoms with van der Waals surface area (Å²) in [6, 6.07) is 10.7. The Morgan fingerprint density at radius 2 is 1.74 bits per heavy atom. The van der Waals surface area contributed by atoms with Crippen LogP contribution >= 0.6 is 0 Å². The van der Waals surface area contributed by atoms with E-state index in [0.717, 1.165) is 26.2 Å². The summed E-state index contributed by atoms with van der Waals surface area (Å²) in [6.07, 6.45) is 2.60. The number of piperidine rings is 1. The molecule has 1 aromatic heterocycles. The fraction of sp³-hybridized carbons (Fsp3) is 0.583. The van der Waals surface area contributed by atoms with Crippen LogP contribution in [0.15, 0.2) is 41.6 Å². The van der Waals surface area contributed by atoms with Crippen molar-refractivity contribution in [3.8, 4) is 0 Å². The highest BCUT2D eigenvalue weighted by Gasteiger charge is 2.33. The van der Waals surface area contributed by atoms with Crippen molar-refractivity contribution in [2.45, 2.75) is 37.8 Å². The van der Waals surface area contributed by atoms with E-state index in [1.54, 1.807) is 24.7 Å². The largest absolute Gasteiger partial charge is 0.369 e. The van der Waals surface area contributed by atoms with Gasteiger partial charge >= 0.3 is 0 Å². The Balaban J connectivity index is 1.21. The molecule has 1 atom stereocenters. The van der Waals surface area contributed by atoms with Crippen molar-refractivity contribution in [2.24, 2.45) is 13.0 Å². The number of hydrogen-bond donors (Lipinski definition) is 1. The second-order valence-electron chi connectivity index (χ2n) is 9.37. The van der Waals surface area contributed by atoms with Gasteiger partial charge in [0, 0.05) is 76.7 Å². The molecule has 1 unspecified atom stereocenters. The maximum Gasteiger partial charge on any atom is 0.262 e. The van der Waals surface area contributed by atoms with Gasteiger partial charge in [0.15, 0.2) is 5.03 Å². The number of piperazine rings is 1. The van der Waals surface area contributed by atoms with E-state index in [1.807, 2.05) is 6.07 Å². The summed E-state index contributed by atoms with van der Waals surface area (Å²) in [4.78, 5) is 21.8. The molecule has 0 radical (unpaired) electrons. The highest BCUT2D eigenvalue weighted by atomic mass is 32.2. The number of carbonyl (C=O) groups excluding carboxylic acids is 1. The maximum absolute atomic E-state index is 12.9. The Hall–Kier alpha value is -2.43. The van der Waals surface area contributed by atoms with Gasteiger partial charge in [0.1, 0.15) is 5.82 Å². The molecular weight excluding hydrogens is 452 g/mol. The smallest absolute Gasteiger partial charge is 0.262 e. The predicted molar refractivity (Wildman–Crippen MR) is 132 cm³/mol. The number of rotatable bonds is 7. The van der Waals surface area contributed by atoms with Crippen LogP contribution < -0.4 is 10.2 Å². The number of benzene rings is 1. The summed E-state index contributed by atoms with van der Waals surface area (Å²) in [6.45, 7) is 9.11. The molecule has 0 aliphatic carbocycles. The fourth-order valence-electron chi connectivity index (χ4n) is 4.72. The standard InChI is InChI=1S/C24H36N6O3S/c1-19(28-13-15-29(16-14-28)22-7-5-4-6-8-22)17-25-24(31)21-9-11-30(12-10-21)34(32,33)23-18-27(3)20(2)26-23/h4-8,18-19,21H,9-17H2,1-3H3,(H,25,31). The number of sulfonamides is 1. The molecule has 186 valence electrons. The van der Waals surface area contributed by atoms with Crippen LogP contribution in [0.4, 0.5) is 5.69 Å². The molecule has 34 heavy (non-hydrogen) atoms. The van der Waals surface area contributed by atoms with Crippen molar-refractivity contribution in [1.29, 1.82) is 0 Å². The van der Waals surface area contributed by atoms with Gasteiger partial charge in [0.2, 0.25) is 5.91 Å². The van der Waals surface area contributed by atoms with E-state index in [-0.39, 0.29) is 22.9 Å². The minimum Gasteiger partial charge on any atom is -0.369 e.